The van der Waals surface area contributed by atoms with E-state index in [0.717, 1.165) is 0 Å². The first kappa shape index (κ1) is 26.5. The van der Waals surface area contributed by atoms with E-state index in [1.807, 2.05) is 18.9 Å². The molecule has 1 atom stereocenters. The van der Waals surface area contributed by atoms with E-state index in [-0.39, 0.29) is 23.2 Å². The Labute approximate surface area is 220 Å². The Balaban J connectivity index is 1.58. The lowest BCUT2D eigenvalue weighted by atomic mass is 10.0. The van der Waals surface area contributed by atoms with E-state index in [9.17, 15) is 22.8 Å². The zero-order chi connectivity index (χ0) is 27.9. The van der Waals surface area contributed by atoms with Crippen molar-refractivity contribution in [2.75, 3.05) is 50.1 Å². The number of carbonyl (C=O) groups excluding carboxylic acids is 1. The van der Waals surface area contributed by atoms with E-state index in [1.165, 1.54) is 18.3 Å². The molecule has 5 rings (SSSR count). The predicted octanol–water partition coefficient (Wildman–Crippen LogP) is 3.76. The van der Waals surface area contributed by atoms with Crippen molar-refractivity contribution < 1.29 is 31.8 Å². The van der Waals surface area contributed by atoms with Crippen LogP contribution in [0.4, 0.5) is 28.9 Å². The van der Waals surface area contributed by atoms with Crippen LogP contribution < -0.4 is 25.2 Å². The molecule has 0 spiro atoms. The first-order valence-electron chi connectivity index (χ1n) is 12.2. The number of aromatic nitrogens is 2. The summed E-state index contributed by atoms with van der Waals surface area (Å²) in [5.74, 6) is -1.14. The highest BCUT2D eigenvalue weighted by molar-refractivity contribution is 6.07. The minimum Gasteiger partial charge on any atom is -0.484 e. The Kier molecular flexibility index (Phi) is 6.93. The van der Waals surface area contributed by atoms with Gasteiger partial charge in [0, 0.05) is 55.3 Å². The highest BCUT2D eigenvalue weighted by Gasteiger charge is 2.36. The van der Waals surface area contributed by atoms with Crippen molar-refractivity contribution in [3.8, 4) is 22.8 Å². The molecule has 13 heteroatoms. The molecule has 39 heavy (non-hydrogen) atoms. The molecule has 1 fully saturated rings. The summed E-state index contributed by atoms with van der Waals surface area (Å²) < 4.78 is 67.4. The molecule has 2 aliphatic heterocycles. The number of aromatic amines is 1. The molecule has 3 aromatic rings. The lowest BCUT2D eigenvalue weighted by Gasteiger charge is -2.39. The van der Waals surface area contributed by atoms with E-state index in [0.29, 0.717) is 62.1 Å². The van der Waals surface area contributed by atoms with Crippen molar-refractivity contribution in [1.29, 1.82) is 0 Å². The topological polar surface area (TPSA) is 99.8 Å². The van der Waals surface area contributed by atoms with Crippen LogP contribution in [0.3, 0.4) is 0 Å². The lowest BCUT2D eigenvalue weighted by molar-refractivity contribution is -0.138. The molecule has 0 radical (unpaired) electrons. The fraction of sp³-hybridized carbons (Fsp3) is 0.346. The van der Waals surface area contributed by atoms with Gasteiger partial charge in [-0.3, -0.25) is 9.59 Å². The van der Waals surface area contributed by atoms with Crippen molar-refractivity contribution in [3.63, 3.8) is 0 Å². The number of amides is 1. The number of hydrogen-bond acceptors (Lipinski definition) is 7. The number of H-pyrrole nitrogens is 1. The molecule has 0 saturated carbocycles. The summed E-state index contributed by atoms with van der Waals surface area (Å²) in [6.07, 6.45) is -2.84. The number of benzene rings is 1. The number of likely N-dealkylation sites (N-methyl/N-ethyl adjacent to an activating group) is 1. The summed E-state index contributed by atoms with van der Waals surface area (Å²) in [6.45, 7) is 4.26. The Hall–Kier alpha value is -4.13. The summed E-state index contributed by atoms with van der Waals surface area (Å²) in [6, 6.07) is 4.58. The number of nitrogens with one attached hydrogen (secondary N) is 2. The third-order valence-electron chi connectivity index (χ3n) is 6.82. The standard InChI is InChI=1S/C26H25F4N5O4/c1-14-13-35(4-3-34(14)2)21-10-19(27)16(15-7-22-25(32-11-15)39-6-5-38-22)8-20(21)33-24(37)17-12-31-23(36)9-18(17)26(28,29)30/h7-12,14H,3-6,13H2,1-2H3,(H,31,36)(H,33,37). The number of rotatable bonds is 4. The van der Waals surface area contributed by atoms with Gasteiger partial charge < -0.3 is 29.6 Å². The van der Waals surface area contributed by atoms with E-state index < -0.39 is 34.6 Å². The van der Waals surface area contributed by atoms with Gasteiger partial charge in [-0.05, 0) is 32.2 Å². The van der Waals surface area contributed by atoms with Crippen LogP contribution in [0.5, 0.6) is 11.6 Å². The summed E-state index contributed by atoms with van der Waals surface area (Å²) in [5, 5.41) is 2.52. The van der Waals surface area contributed by atoms with Gasteiger partial charge in [-0.15, -0.1) is 0 Å². The van der Waals surface area contributed by atoms with E-state index in [2.05, 4.69) is 20.2 Å². The normalized spacial score (nSPS) is 17.7. The van der Waals surface area contributed by atoms with Crippen LogP contribution in [-0.4, -0.2) is 66.7 Å². The Morgan fingerprint density at radius 2 is 1.92 bits per heavy atom. The Bertz CT molecular complexity index is 1480. The van der Waals surface area contributed by atoms with Crippen LogP contribution >= 0.6 is 0 Å². The quantitative estimate of drug-likeness (QED) is 0.480. The predicted molar refractivity (Wildman–Crippen MR) is 135 cm³/mol. The van der Waals surface area contributed by atoms with Gasteiger partial charge in [-0.25, -0.2) is 9.37 Å². The number of hydrogen-bond donors (Lipinski definition) is 2. The fourth-order valence-corrected chi connectivity index (χ4v) is 4.58. The maximum Gasteiger partial charge on any atom is 0.417 e. The molecule has 9 nitrogen and oxygen atoms in total. The van der Waals surface area contributed by atoms with E-state index >= 15 is 4.39 Å². The second-order valence-corrected chi connectivity index (χ2v) is 9.43. The molecule has 0 aliphatic carbocycles. The van der Waals surface area contributed by atoms with Gasteiger partial charge in [-0.2, -0.15) is 13.2 Å². The number of nitrogens with zero attached hydrogens (tertiary/aromatic N) is 3. The first-order chi connectivity index (χ1) is 18.5. The SMILES string of the molecule is CC1CN(c2cc(F)c(-c3cnc4c(c3)OCCO4)cc2NC(=O)c2c[nH]c(=O)cc2C(F)(F)F)CCN1C. The van der Waals surface area contributed by atoms with Crippen LogP contribution in [0.1, 0.15) is 22.8 Å². The van der Waals surface area contributed by atoms with E-state index in [1.54, 1.807) is 6.07 Å². The van der Waals surface area contributed by atoms with Crippen molar-refractivity contribution >= 4 is 17.3 Å². The Morgan fingerprint density at radius 1 is 1.15 bits per heavy atom. The minimum atomic E-state index is -4.94. The molecule has 1 aromatic carbocycles. The molecule has 2 aromatic heterocycles. The number of pyridine rings is 2. The average Bonchev–Trinajstić information content (AvgIpc) is 2.90. The third-order valence-corrected chi connectivity index (χ3v) is 6.82. The first-order valence-corrected chi connectivity index (χ1v) is 12.2. The zero-order valence-corrected chi connectivity index (χ0v) is 21.1. The van der Waals surface area contributed by atoms with E-state index in [4.69, 9.17) is 9.47 Å². The number of anilines is 2. The number of halogens is 4. The molecule has 2 N–H and O–H groups in total. The maximum atomic E-state index is 15.6. The zero-order valence-electron chi connectivity index (χ0n) is 21.1. The number of carbonyl (C=O) groups is 1. The summed E-state index contributed by atoms with van der Waals surface area (Å²) >= 11 is 0. The maximum absolute atomic E-state index is 15.6. The molecular weight excluding hydrogens is 522 g/mol. The largest absolute Gasteiger partial charge is 0.484 e. The molecule has 4 heterocycles. The lowest BCUT2D eigenvalue weighted by Crippen LogP contribution is -2.50. The van der Waals surface area contributed by atoms with Gasteiger partial charge in [0.25, 0.3) is 11.8 Å². The summed E-state index contributed by atoms with van der Waals surface area (Å²) in [7, 11) is 1.96. The van der Waals surface area contributed by atoms with Crippen molar-refractivity contribution in [1.82, 2.24) is 14.9 Å². The second kappa shape index (κ2) is 10.2. The molecule has 1 amide bonds. The highest BCUT2D eigenvalue weighted by atomic mass is 19.4. The Morgan fingerprint density at radius 3 is 2.67 bits per heavy atom. The molecule has 2 aliphatic rings. The van der Waals surface area contributed by atoms with Crippen LogP contribution in [0.25, 0.3) is 11.1 Å². The molecular formula is C26H25F4N5O4. The van der Waals surface area contributed by atoms with Crippen LogP contribution in [0.2, 0.25) is 0 Å². The van der Waals surface area contributed by atoms with Gasteiger partial charge in [0.15, 0.2) is 5.75 Å². The van der Waals surface area contributed by atoms with Crippen LogP contribution in [0.15, 0.2) is 41.5 Å². The second-order valence-electron chi connectivity index (χ2n) is 9.43. The van der Waals surface area contributed by atoms with Crippen molar-refractivity contribution in [3.05, 3.63) is 64.0 Å². The monoisotopic (exact) mass is 547 g/mol. The van der Waals surface area contributed by atoms with Gasteiger partial charge >= 0.3 is 6.18 Å². The van der Waals surface area contributed by atoms with Crippen LogP contribution in [-0.2, 0) is 6.18 Å². The van der Waals surface area contributed by atoms with Crippen LogP contribution in [0, 0.1) is 5.82 Å². The number of fused-ring (bicyclic) bond motifs is 1. The van der Waals surface area contributed by atoms with Gasteiger partial charge in [0.05, 0.1) is 22.5 Å². The third kappa shape index (κ3) is 5.39. The molecule has 206 valence electrons. The summed E-state index contributed by atoms with van der Waals surface area (Å²) in [5.41, 5.74) is -2.36. The smallest absolute Gasteiger partial charge is 0.417 e. The van der Waals surface area contributed by atoms with Gasteiger partial charge in [-0.1, -0.05) is 0 Å². The highest BCUT2D eigenvalue weighted by Crippen LogP contribution is 2.39. The van der Waals surface area contributed by atoms with Gasteiger partial charge in [0.1, 0.15) is 19.0 Å². The number of ether oxygens (including phenoxy) is 2. The summed E-state index contributed by atoms with van der Waals surface area (Å²) in [4.78, 5) is 35.0. The number of alkyl halides is 3. The minimum absolute atomic E-state index is 0.0539. The van der Waals surface area contributed by atoms with Crippen molar-refractivity contribution in [2.45, 2.75) is 19.1 Å². The number of piperazine rings is 1. The average molecular weight is 548 g/mol. The molecule has 1 unspecified atom stereocenters. The van der Waals surface area contributed by atoms with Crippen molar-refractivity contribution in [2.24, 2.45) is 0 Å². The molecule has 0 bridgehead atoms. The molecule has 1 saturated heterocycles. The fourth-order valence-electron chi connectivity index (χ4n) is 4.58. The van der Waals surface area contributed by atoms with Gasteiger partial charge in [0.2, 0.25) is 5.56 Å².